The fourth-order valence-electron chi connectivity index (χ4n) is 3.70. The second-order valence-electron chi connectivity index (χ2n) is 10.1. The van der Waals surface area contributed by atoms with Gasteiger partial charge in [0.1, 0.15) is 10.3 Å². The summed E-state index contributed by atoms with van der Waals surface area (Å²) < 4.78 is 20.1. The highest BCUT2D eigenvalue weighted by Gasteiger charge is 2.41. The molecule has 1 fully saturated rings. The lowest BCUT2D eigenvalue weighted by Crippen LogP contribution is -2.56. The molecule has 2 amide bonds. The first-order chi connectivity index (χ1) is 16.3. The van der Waals surface area contributed by atoms with Crippen LogP contribution in [0.5, 0.6) is 0 Å². The summed E-state index contributed by atoms with van der Waals surface area (Å²) in [6.07, 6.45) is 2.38. The highest BCUT2D eigenvalue weighted by molar-refractivity contribution is 9.10. The highest BCUT2D eigenvalue weighted by atomic mass is 79.9. The zero-order valence-corrected chi connectivity index (χ0v) is 23.0. The summed E-state index contributed by atoms with van der Waals surface area (Å²) >= 11 is 3.00. The molecule has 3 N–H and O–H groups in total. The van der Waals surface area contributed by atoms with Crippen molar-refractivity contribution in [3.63, 3.8) is 0 Å². The molecular weight excluding hydrogens is 537 g/mol. The van der Waals surface area contributed by atoms with E-state index < -0.39 is 26.1 Å². The van der Waals surface area contributed by atoms with E-state index in [0.717, 1.165) is 6.07 Å². The van der Waals surface area contributed by atoms with Gasteiger partial charge in [-0.15, -0.1) is 0 Å². The number of amides is 2. The van der Waals surface area contributed by atoms with Crippen LogP contribution < -0.4 is 15.5 Å². The molecule has 0 radical (unpaired) electrons. The largest absolute Gasteiger partial charge is 0.465 e. The first kappa shape index (κ1) is 27.0. The minimum Gasteiger partial charge on any atom is -0.465 e. The molecule has 2 atom stereocenters. The molecule has 9 nitrogen and oxygen atoms in total. The Kier molecular flexibility index (Phi) is 8.17. The molecule has 0 aromatic carbocycles. The first-order valence-electron chi connectivity index (χ1n) is 11.3. The van der Waals surface area contributed by atoms with Crippen molar-refractivity contribution in [1.82, 2.24) is 15.3 Å². The molecule has 0 spiro atoms. The Balaban J connectivity index is 1.87. The molecular formula is C23H31BrFN5O4Si. The van der Waals surface area contributed by atoms with Gasteiger partial charge in [0.25, 0.3) is 5.91 Å². The van der Waals surface area contributed by atoms with Crippen LogP contribution >= 0.6 is 15.9 Å². The van der Waals surface area contributed by atoms with Crippen LogP contribution in [-0.2, 0) is 4.43 Å². The number of carbonyl (C=O) groups excluding carboxylic acids is 1. The normalized spacial score (nSPS) is 18.8. The van der Waals surface area contributed by atoms with E-state index in [1.165, 1.54) is 12.3 Å². The van der Waals surface area contributed by atoms with E-state index in [0.29, 0.717) is 30.9 Å². The molecule has 0 unspecified atom stereocenters. The topological polar surface area (TPSA) is 117 Å². The van der Waals surface area contributed by atoms with Gasteiger partial charge in [-0.25, -0.2) is 14.2 Å². The Morgan fingerprint density at radius 3 is 2.60 bits per heavy atom. The molecule has 0 bridgehead atoms. The Morgan fingerprint density at radius 1 is 1.26 bits per heavy atom. The summed E-state index contributed by atoms with van der Waals surface area (Å²) in [5.41, 5.74) is 1.15. The maximum absolute atomic E-state index is 13.5. The van der Waals surface area contributed by atoms with Crippen LogP contribution in [0.3, 0.4) is 0 Å². The number of anilines is 2. The van der Waals surface area contributed by atoms with Gasteiger partial charge in [0, 0.05) is 19.3 Å². The van der Waals surface area contributed by atoms with E-state index in [4.69, 9.17) is 4.43 Å². The fourth-order valence-corrected chi connectivity index (χ4v) is 5.38. The third-order valence-electron chi connectivity index (χ3n) is 6.43. The molecule has 3 rings (SSSR count). The van der Waals surface area contributed by atoms with Gasteiger partial charge in [-0.2, -0.15) is 0 Å². The van der Waals surface area contributed by atoms with Crippen LogP contribution in [0.2, 0.25) is 18.1 Å². The van der Waals surface area contributed by atoms with E-state index in [2.05, 4.69) is 70.4 Å². The van der Waals surface area contributed by atoms with Gasteiger partial charge < -0.3 is 25.1 Å². The maximum Gasteiger partial charge on any atom is 0.404 e. The standard InChI is InChI=1S/C23H31BrFN5O4Si/c1-23(2,3)35(4,5)34-15-10-14(27-22(32)33)12-30(13-15)19-8-9-26-11-18(19)29-21(31)17-7-6-16(25)20(24)28-17/h6-9,11,14-15,27H,10,12-13H2,1-5H3,(H,29,31)(H,32,33)/t14-,15+/m0/s1. The van der Waals surface area contributed by atoms with Crippen LogP contribution in [0.4, 0.5) is 20.6 Å². The average molecular weight is 569 g/mol. The highest BCUT2D eigenvalue weighted by Crippen LogP contribution is 2.39. The van der Waals surface area contributed by atoms with Crippen LogP contribution in [0.15, 0.2) is 35.2 Å². The predicted octanol–water partition coefficient (Wildman–Crippen LogP) is 4.87. The average Bonchev–Trinajstić information content (AvgIpc) is 2.74. The summed E-state index contributed by atoms with van der Waals surface area (Å²) in [7, 11) is -2.11. The number of aromatic nitrogens is 2. The lowest BCUT2D eigenvalue weighted by molar-refractivity contribution is 0.102. The molecule has 2 aromatic rings. The monoisotopic (exact) mass is 567 g/mol. The summed E-state index contributed by atoms with van der Waals surface area (Å²) in [6.45, 7) is 11.7. The number of nitrogens with zero attached hydrogens (tertiary/aromatic N) is 3. The number of nitrogens with one attached hydrogen (secondary N) is 2. The number of carbonyl (C=O) groups is 2. The minimum absolute atomic E-state index is 0.00274. The van der Waals surface area contributed by atoms with Crippen molar-refractivity contribution in [2.45, 2.75) is 57.5 Å². The SMILES string of the molecule is CC(C)(C)[Si](C)(C)O[C@@H]1C[C@H](NC(=O)O)CN(c2ccncc2NC(=O)c2ccc(F)c(Br)n2)C1. The zero-order chi connectivity index (χ0) is 26.0. The number of carboxylic acid groups (broad SMARTS) is 1. The van der Waals surface area contributed by atoms with E-state index in [9.17, 15) is 19.1 Å². The van der Waals surface area contributed by atoms with Crippen molar-refractivity contribution in [3.05, 3.63) is 46.7 Å². The molecule has 35 heavy (non-hydrogen) atoms. The first-order valence-corrected chi connectivity index (χ1v) is 15.0. The molecule has 190 valence electrons. The Bertz CT molecular complexity index is 1100. The third-order valence-corrected chi connectivity index (χ3v) is 11.5. The van der Waals surface area contributed by atoms with Gasteiger partial charge in [-0.3, -0.25) is 9.78 Å². The van der Waals surface area contributed by atoms with Gasteiger partial charge >= 0.3 is 6.09 Å². The Labute approximate surface area is 213 Å². The molecule has 2 aromatic heterocycles. The molecule has 1 aliphatic heterocycles. The van der Waals surface area contributed by atoms with Gasteiger partial charge in [0.15, 0.2) is 14.1 Å². The van der Waals surface area contributed by atoms with Crippen molar-refractivity contribution in [3.8, 4) is 0 Å². The molecule has 1 saturated heterocycles. The van der Waals surface area contributed by atoms with E-state index in [1.54, 1.807) is 12.3 Å². The smallest absolute Gasteiger partial charge is 0.404 e. The summed E-state index contributed by atoms with van der Waals surface area (Å²) in [5, 5.41) is 14.7. The van der Waals surface area contributed by atoms with E-state index in [-0.39, 0.29) is 27.5 Å². The number of piperidine rings is 1. The fraction of sp³-hybridized carbons (Fsp3) is 0.478. The van der Waals surface area contributed by atoms with Crippen LogP contribution in [0.25, 0.3) is 0 Å². The summed E-state index contributed by atoms with van der Waals surface area (Å²) in [5.74, 6) is -1.09. The van der Waals surface area contributed by atoms with Crippen molar-refractivity contribution in [2.24, 2.45) is 0 Å². The zero-order valence-electron chi connectivity index (χ0n) is 20.4. The van der Waals surface area contributed by atoms with Crippen molar-refractivity contribution < 1.29 is 23.5 Å². The number of hydrogen-bond donors (Lipinski definition) is 3. The van der Waals surface area contributed by atoms with E-state index >= 15 is 0 Å². The molecule has 12 heteroatoms. The van der Waals surface area contributed by atoms with Gasteiger partial charge in [-0.1, -0.05) is 20.8 Å². The van der Waals surface area contributed by atoms with Gasteiger partial charge in [0.2, 0.25) is 0 Å². The van der Waals surface area contributed by atoms with Crippen molar-refractivity contribution in [2.75, 3.05) is 23.3 Å². The quantitative estimate of drug-likeness (QED) is 0.337. The summed E-state index contributed by atoms with van der Waals surface area (Å²) in [4.78, 5) is 34.3. The predicted molar refractivity (Wildman–Crippen MR) is 138 cm³/mol. The number of hydrogen-bond acceptors (Lipinski definition) is 6. The maximum atomic E-state index is 13.5. The second-order valence-corrected chi connectivity index (χ2v) is 15.6. The molecule has 0 saturated carbocycles. The Hall–Kier alpha value is -2.57. The van der Waals surface area contributed by atoms with Crippen LogP contribution in [0.1, 0.15) is 37.7 Å². The number of pyridine rings is 2. The van der Waals surface area contributed by atoms with Gasteiger partial charge in [-0.05, 0) is 58.7 Å². The van der Waals surface area contributed by atoms with Crippen LogP contribution in [-0.4, -0.2) is 60.6 Å². The molecule has 0 aliphatic carbocycles. The van der Waals surface area contributed by atoms with Crippen molar-refractivity contribution in [1.29, 1.82) is 0 Å². The lowest BCUT2D eigenvalue weighted by atomic mass is 10.0. The third kappa shape index (κ3) is 6.76. The van der Waals surface area contributed by atoms with Gasteiger partial charge in [0.05, 0.1) is 29.7 Å². The minimum atomic E-state index is -2.11. The lowest BCUT2D eigenvalue weighted by Gasteiger charge is -2.45. The second kappa shape index (κ2) is 10.6. The molecule has 3 heterocycles. The summed E-state index contributed by atoms with van der Waals surface area (Å²) in [6, 6.07) is 3.85. The molecule has 1 aliphatic rings. The van der Waals surface area contributed by atoms with E-state index in [1.807, 2.05) is 4.90 Å². The van der Waals surface area contributed by atoms with Crippen molar-refractivity contribution >= 4 is 47.6 Å². The van der Waals surface area contributed by atoms with Crippen LogP contribution in [0, 0.1) is 5.82 Å². The Morgan fingerprint density at radius 2 is 1.97 bits per heavy atom. The number of halogens is 2. The number of rotatable bonds is 6.